The molecule has 20 heavy (non-hydrogen) atoms. The highest BCUT2D eigenvalue weighted by atomic mass is 19.4. The predicted octanol–water partition coefficient (Wildman–Crippen LogP) is 0.983. The largest absolute Gasteiger partial charge is 0.406 e. The van der Waals surface area contributed by atoms with E-state index in [1.807, 2.05) is 0 Å². The van der Waals surface area contributed by atoms with Crippen LogP contribution in [0.25, 0.3) is 0 Å². The fourth-order valence-electron chi connectivity index (χ4n) is 1.71. The van der Waals surface area contributed by atoms with E-state index in [1.165, 1.54) is 21.0 Å². The second kappa shape index (κ2) is 6.92. The van der Waals surface area contributed by atoms with Gasteiger partial charge in [0.1, 0.15) is 13.1 Å². The second-order valence-electron chi connectivity index (χ2n) is 5.23. The van der Waals surface area contributed by atoms with Crippen LogP contribution in [0.3, 0.4) is 0 Å². The number of amides is 2. The van der Waals surface area contributed by atoms with Crippen molar-refractivity contribution in [2.24, 2.45) is 5.73 Å². The Kier molecular flexibility index (Phi) is 6.46. The Morgan fingerprint density at radius 1 is 1.20 bits per heavy atom. The number of likely N-dealkylation sites (N-methyl/N-ethyl adjacent to an activating group) is 1. The number of carbonyl (C=O) groups is 2. The first kappa shape index (κ1) is 18.7. The van der Waals surface area contributed by atoms with Gasteiger partial charge in [0.25, 0.3) is 0 Å². The third-order valence-electron chi connectivity index (χ3n) is 2.74. The van der Waals surface area contributed by atoms with Gasteiger partial charge in [-0.15, -0.1) is 0 Å². The van der Waals surface area contributed by atoms with Gasteiger partial charge in [-0.3, -0.25) is 9.59 Å². The van der Waals surface area contributed by atoms with Gasteiger partial charge >= 0.3 is 6.18 Å². The van der Waals surface area contributed by atoms with E-state index in [0.29, 0.717) is 11.3 Å². The van der Waals surface area contributed by atoms with Gasteiger partial charge in [0.2, 0.25) is 11.8 Å². The Labute approximate surface area is 116 Å². The number of alkyl halides is 3. The smallest absolute Gasteiger partial charge is 0.347 e. The van der Waals surface area contributed by atoms with Crippen molar-refractivity contribution >= 4 is 11.8 Å². The highest BCUT2D eigenvalue weighted by Crippen LogP contribution is 2.20. The van der Waals surface area contributed by atoms with Crippen molar-refractivity contribution in [3.8, 4) is 0 Å². The van der Waals surface area contributed by atoms with Crippen molar-refractivity contribution in [1.82, 2.24) is 9.80 Å². The average Bonchev–Trinajstić information content (AvgIpc) is 2.24. The van der Waals surface area contributed by atoms with Crippen LogP contribution in [0.5, 0.6) is 0 Å². The first-order chi connectivity index (χ1) is 8.90. The minimum absolute atomic E-state index is 0.246. The van der Waals surface area contributed by atoms with Crippen molar-refractivity contribution < 1.29 is 22.8 Å². The molecular weight excluding hydrogens is 275 g/mol. The molecule has 5 nitrogen and oxygen atoms in total. The fourth-order valence-corrected chi connectivity index (χ4v) is 1.71. The maximum absolute atomic E-state index is 12.5. The van der Waals surface area contributed by atoms with E-state index in [-0.39, 0.29) is 6.42 Å². The Bertz CT molecular complexity index is 354. The molecule has 0 aromatic heterocycles. The number of carbonyl (C=O) groups excluding carboxylic acids is 2. The molecule has 1 atom stereocenters. The molecule has 2 N–H and O–H groups in total. The lowest BCUT2D eigenvalue weighted by molar-refractivity contribution is -0.167. The normalized spacial score (nSPS) is 14.6. The van der Waals surface area contributed by atoms with Crippen LogP contribution < -0.4 is 5.73 Å². The summed E-state index contributed by atoms with van der Waals surface area (Å²) in [4.78, 5) is 25.3. The van der Waals surface area contributed by atoms with Gasteiger partial charge in [0, 0.05) is 14.1 Å². The van der Waals surface area contributed by atoms with E-state index in [4.69, 9.17) is 5.73 Å². The molecular formula is C12H22F3N3O2. The number of hydrogen-bond donors (Lipinski definition) is 1. The highest BCUT2D eigenvalue weighted by molar-refractivity contribution is 5.89. The molecule has 0 heterocycles. The van der Waals surface area contributed by atoms with Crippen LogP contribution in [0.15, 0.2) is 0 Å². The molecule has 1 unspecified atom stereocenters. The van der Waals surface area contributed by atoms with E-state index in [0.717, 1.165) is 4.90 Å². The summed E-state index contributed by atoms with van der Waals surface area (Å²) >= 11 is 0. The average molecular weight is 297 g/mol. The van der Waals surface area contributed by atoms with Gasteiger partial charge in [-0.1, -0.05) is 13.3 Å². The van der Waals surface area contributed by atoms with Crippen LogP contribution in [0.2, 0.25) is 0 Å². The van der Waals surface area contributed by atoms with E-state index < -0.39 is 36.6 Å². The molecule has 8 heteroatoms. The van der Waals surface area contributed by atoms with Crippen LogP contribution >= 0.6 is 0 Å². The van der Waals surface area contributed by atoms with Crippen molar-refractivity contribution in [2.45, 2.75) is 38.4 Å². The van der Waals surface area contributed by atoms with Crippen molar-refractivity contribution in [3.63, 3.8) is 0 Å². The lowest BCUT2D eigenvalue weighted by Crippen LogP contribution is -2.57. The SMILES string of the molecule is CCCC(C)(N)C(=O)N(CC(=O)N(C)C)CC(F)(F)F. The summed E-state index contributed by atoms with van der Waals surface area (Å²) in [5.41, 5.74) is 4.35. The van der Waals surface area contributed by atoms with Crippen molar-refractivity contribution in [2.75, 3.05) is 27.2 Å². The number of nitrogens with two attached hydrogens (primary N) is 1. The summed E-state index contributed by atoms with van der Waals surface area (Å²) in [5, 5.41) is 0. The number of nitrogens with zero attached hydrogens (tertiary/aromatic N) is 2. The monoisotopic (exact) mass is 297 g/mol. The summed E-state index contributed by atoms with van der Waals surface area (Å²) in [5.74, 6) is -1.46. The van der Waals surface area contributed by atoms with E-state index in [2.05, 4.69) is 0 Å². The molecule has 2 amide bonds. The maximum atomic E-state index is 12.5. The topological polar surface area (TPSA) is 66.6 Å². The third kappa shape index (κ3) is 6.23. The molecule has 118 valence electrons. The molecule has 0 saturated heterocycles. The zero-order valence-electron chi connectivity index (χ0n) is 12.3. The minimum Gasteiger partial charge on any atom is -0.347 e. The molecule has 0 bridgehead atoms. The van der Waals surface area contributed by atoms with E-state index in [1.54, 1.807) is 6.92 Å². The van der Waals surface area contributed by atoms with E-state index >= 15 is 0 Å². The summed E-state index contributed by atoms with van der Waals surface area (Å²) in [6, 6.07) is 0. The lowest BCUT2D eigenvalue weighted by atomic mass is 9.95. The summed E-state index contributed by atoms with van der Waals surface area (Å²) < 4.78 is 37.6. The van der Waals surface area contributed by atoms with Crippen LogP contribution in [0.1, 0.15) is 26.7 Å². The van der Waals surface area contributed by atoms with Crippen molar-refractivity contribution in [3.05, 3.63) is 0 Å². The Morgan fingerprint density at radius 3 is 2.05 bits per heavy atom. The quantitative estimate of drug-likeness (QED) is 0.795. The van der Waals surface area contributed by atoms with Gasteiger partial charge in [0.05, 0.1) is 5.54 Å². The Hall–Kier alpha value is -1.31. The molecule has 0 aromatic rings. The first-order valence-electron chi connectivity index (χ1n) is 6.26. The summed E-state index contributed by atoms with van der Waals surface area (Å²) in [6.45, 7) is 1.03. The highest BCUT2D eigenvalue weighted by Gasteiger charge is 2.39. The molecule has 0 aliphatic carbocycles. The number of rotatable bonds is 6. The third-order valence-corrected chi connectivity index (χ3v) is 2.74. The minimum atomic E-state index is -4.58. The molecule has 0 aliphatic heterocycles. The van der Waals surface area contributed by atoms with Gasteiger partial charge in [-0.25, -0.2) is 0 Å². The van der Waals surface area contributed by atoms with Gasteiger partial charge in [-0.05, 0) is 13.3 Å². The van der Waals surface area contributed by atoms with E-state index in [9.17, 15) is 22.8 Å². The predicted molar refractivity (Wildman–Crippen MR) is 68.8 cm³/mol. The molecule has 0 aromatic carbocycles. The molecule has 0 fully saturated rings. The fraction of sp³-hybridized carbons (Fsp3) is 0.833. The standard InChI is InChI=1S/C12H22F3N3O2/c1-5-6-11(2,16)10(20)18(8-12(13,14)15)7-9(19)17(3)4/h5-8,16H2,1-4H3. The number of halogens is 3. The molecule has 0 spiro atoms. The van der Waals surface area contributed by atoms with Gasteiger partial charge in [0.15, 0.2) is 0 Å². The molecule has 0 saturated carbocycles. The van der Waals surface area contributed by atoms with Crippen molar-refractivity contribution in [1.29, 1.82) is 0 Å². The van der Waals surface area contributed by atoms with Crippen LogP contribution in [0, 0.1) is 0 Å². The summed E-state index contributed by atoms with van der Waals surface area (Å²) in [7, 11) is 2.82. The Morgan fingerprint density at radius 2 is 1.70 bits per heavy atom. The Balaban J connectivity index is 5.11. The molecule has 0 aliphatic rings. The lowest BCUT2D eigenvalue weighted by Gasteiger charge is -2.32. The van der Waals surface area contributed by atoms with Gasteiger partial charge < -0.3 is 15.5 Å². The summed E-state index contributed by atoms with van der Waals surface area (Å²) in [6.07, 6.45) is -3.78. The first-order valence-corrected chi connectivity index (χ1v) is 6.26. The van der Waals surface area contributed by atoms with Crippen LogP contribution in [-0.4, -0.2) is 60.5 Å². The maximum Gasteiger partial charge on any atom is 0.406 e. The van der Waals surface area contributed by atoms with Gasteiger partial charge in [-0.2, -0.15) is 13.2 Å². The molecule has 0 radical (unpaired) electrons. The molecule has 0 rings (SSSR count). The zero-order chi connectivity index (χ0) is 16.1. The second-order valence-corrected chi connectivity index (χ2v) is 5.23. The number of hydrogen-bond acceptors (Lipinski definition) is 3. The zero-order valence-corrected chi connectivity index (χ0v) is 12.3. The van der Waals surface area contributed by atoms with Crippen LogP contribution in [-0.2, 0) is 9.59 Å². The van der Waals surface area contributed by atoms with Crippen LogP contribution in [0.4, 0.5) is 13.2 Å².